The first-order valence-corrected chi connectivity index (χ1v) is 11.0. The lowest BCUT2D eigenvalue weighted by atomic mass is 10.0. The molecule has 0 saturated heterocycles. The zero-order valence-electron chi connectivity index (χ0n) is 18.8. The van der Waals surface area contributed by atoms with Gasteiger partial charge in [-0.2, -0.15) is 8.78 Å². The summed E-state index contributed by atoms with van der Waals surface area (Å²) in [5.74, 6) is 11.6. The van der Waals surface area contributed by atoms with Gasteiger partial charge in [0.1, 0.15) is 11.6 Å². The van der Waals surface area contributed by atoms with Gasteiger partial charge in [-0.15, -0.1) is 6.58 Å². The Bertz CT molecular complexity index is 1460. The van der Waals surface area contributed by atoms with Crippen LogP contribution >= 0.6 is 0 Å². The molecule has 4 rings (SSSR count). The molecule has 0 radical (unpaired) electrons. The minimum atomic E-state index is -2.89. The van der Waals surface area contributed by atoms with E-state index in [1.807, 2.05) is 30.3 Å². The average molecular weight is 467 g/mol. The van der Waals surface area contributed by atoms with Gasteiger partial charge in [-0.3, -0.25) is 0 Å². The molecule has 4 aromatic rings. The van der Waals surface area contributed by atoms with Gasteiger partial charge in [0.05, 0.1) is 5.56 Å². The quantitative estimate of drug-likeness (QED) is 0.219. The molecular weight excluding hydrogens is 445 g/mol. The predicted octanol–water partition coefficient (Wildman–Crippen LogP) is 7.50. The maximum atomic E-state index is 15.0. The third-order valence-electron chi connectivity index (χ3n) is 5.32. The van der Waals surface area contributed by atoms with E-state index in [1.54, 1.807) is 30.3 Å². The SMILES string of the molecule is C=CCCc1ccc(C#Cc2ccc3c(F)c(C#Cc4ccc(OC(F)F)cc4)ccc3c2)cc1. The van der Waals surface area contributed by atoms with E-state index in [9.17, 15) is 8.78 Å². The molecule has 0 atom stereocenters. The molecule has 0 fully saturated rings. The van der Waals surface area contributed by atoms with Crippen molar-refractivity contribution in [3.05, 3.63) is 125 Å². The molecule has 35 heavy (non-hydrogen) atoms. The molecule has 0 saturated carbocycles. The summed E-state index contributed by atoms with van der Waals surface area (Å²) in [4.78, 5) is 0. The van der Waals surface area contributed by atoms with Crippen LogP contribution in [-0.4, -0.2) is 6.61 Å². The number of halogens is 3. The maximum absolute atomic E-state index is 15.0. The third kappa shape index (κ3) is 6.34. The molecule has 0 N–H and O–H groups in total. The predicted molar refractivity (Wildman–Crippen MR) is 134 cm³/mol. The van der Waals surface area contributed by atoms with Crippen LogP contribution in [0.25, 0.3) is 10.8 Å². The van der Waals surface area contributed by atoms with Gasteiger partial charge in [-0.25, -0.2) is 4.39 Å². The number of ether oxygens (including phenoxy) is 1. The van der Waals surface area contributed by atoms with E-state index < -0.39 is 12.4 Å². The van der Waals surface area contributed by atoms with Crippen molar-refractivity contribution in [1.29, 1.82) is 0 Å². The molecule has 0 aliphatic heterocycles. The molecule has 0 spiro atoms. The van der Waals surface area contributed by atoms with Crippen LogP contribution in [0.5, 0.6) is 5.75 Å². The van der Waals surface area contributed by atoms with E-state index in [1.165, 1.54) is 17.7 Å². The zero-order chi connectivity index (χ0) is 24.6. The highest BCUT2D eigenvalue weighted by Crippen LogP contribution is 2.22. The van der Waals surface area contributed by atoms with Crippen LogP contribution in [0, 0.1) is 29.5 Å². The largest absolute Gasteiger partial charge is 0.435 e. The van der Waals surface area contributed by atoms with E-state index in [0.717, 1.165) is 29.4 Å². The van der Waals surface area contributed by atoms with E-state index in [2.05, 4.69) is 47.1 Å². The number of rotatable bonds is 5. The normalized spacial score (nSPS) is 10.3. The van der Waals surface area contributed by atoms with Crippen molar-refractivity contribution in [3.8, 4) is 29.4 Å². The van der Waals surface area contributed by atoms with Crippen LogP contribution in [0.1, 0.15) is 34.2 Å². The van der Waals surface area contributed by atoms with E-state index in [-0.39, 0.29) is 11.3 Å². The first-order valence-electron chi connectivity index (χ1n) is 11.0. The Hall–Kier alpha value is -4.41. The van der Waals surface area contributed by atoms with Gasteiger partial charge in [0.25, 0.3) is 0 Å². The highest BCUT2D eigenvalue weighted by molar-refractivity contribution is 5.86. The van der Waals surface area contributed by atoms with Crippen molar-refractivity contribution in [1.82, 2.24) is 0 Å². The van der Waals surface area contributed by atoms with Crippen LogP contribution in [0.3, 0.4) is 0 Å². The van der Waals surface area contributed by atoms with Gasteiger partial charge in [0, 0.05) is 22.1 Å². The fraction of sp³-hybridized carbons (Fsp3) is 0.0968. The highest BCUT2D eigenvalue weighted by Gasteiger charge is 2.07. The Morgan fingerprint density at radius 2 is 1.40 bits per heavy atom. The Labute approximate surface area is 202 Å². The molecule has 0 aliphatic carbocycles. The summed E-state index contributed by atoms with van der Waals surface area (Å²) >= 11 is 0. The number of aryl methyl sites for hydroxylation is 1. The maximum Gasteiger partial charge on any atom is 0.387 e. The fourth-order valence-electron chi connectivity index (χ4n) is 3.49. The second-order valence-corrected chi connectivity index (χ2v) is 7.79. The molecule has 0 aromatic heterocycles. The monoisotopic (exact) mass is 466 g/mol. The second-order valence-electron chi connectivity index (χ2n) is 7.79. The van der Waals surface area contributed by atoms with Gasteiger partial charge in [0.2, 0.25) is 0 Å². The molecule has 0 bridgehead atoms. The molecule has 0 aliphatic rings. The van der Waals surface area contributed by atoms with Crippen LogP contribution in [0.2, 0.25) is 0 Å². The highest BCUT2D eigenvalue weighted by atomic mass is 19.3. The zero-order valence-corrected chi connectivity index (χ0v) is 18.8. The smallest absolute Gasteiger partial charge is 0.387 e. The van der Waals surface area contributed by atoms with Crippen molar-refractivity contribution in [2.45, 2.75) is 19.5 Å². The van der Waals surface area contributed by atoms with Crippen LogP contribution in [0.4, 0.5) is 13.2 Å². The van der Waals surface area contributed by atoms with E-state index >= 15 is 4.39 Å². The third-order valence-corrected chi connectivity index (χ3v) is 5.32. The number of hydrogen-bond donors (Lipinski definition) is 0. The van der Waals surface area contributed by atoms with Gasteiger partial charge >= 0.3 is 6.61 Å². The topological polar surface area (TPSA) is 9.23 Å². The molecular formula is C31H21F3O. The van der Waals surface area contributed by atoms with Crippen LogP contribution < -0.4 is 4.74 Å². The van der Waals surface area contributed by atoms with Crippen LogP contribution in [0.15, 0.2) is 91.5 Å². The number of hydrogen-bond acceptors (Lipinski definition) is 1. The first kappa shape index (κ1) is 23.7. The first-order chi connectivity index (χ1) is 17.0. The minimum Gasteiger partial charge on any atom is -0.435 e. The summed E-state index contributed by atoms with van der Waals surface area (Å²) in [6.45, 7) is 0.859. The van der Waals surface area contributed by atoms with E-state index in [4.69, 9.17) is 0 Å². The molecule has 172 valence electrons. The molecule has 0 heterocycles. The number of benzene rings is 4. The average Bonchev–Trinajstić information content (AvgIpc) is 2.87. The van der Waals surface area contributed by atoms with Gasteiger partial charge in [0.15, 0.2) is 0 Å². The Morgan fingerprint density at radius 3 is 2.09 bits per heavy atom. The molecule has 4 heteroatoms. The lowest BCUT2D eigenvalue weighted by Crippen LogP contribution is -2.01. The van der Waals surface area contributed by atoms with Gasteiger partial charge < -0.3 is 4.74 Å². The van der Waals surface area contributed by atoms with Crippen molar-refractivity contribution in [2.75, 3.05) is 0 Å². The molecule has 1 nitrogen and oxygen atoms in total. The van der Waals surface area contributed by atoms with Crippen molar-refractivity contribution < 1.29 is 17.9 Å². The lowest BCUT2D eigenvalue weighted by molar-refractivity contribution is -0.0498. The van der Waals surface area contributed by atoms with Gasteiger partial charge in [-0.05, 0) is 78.4 Å². The standard InChI is InChI=1S/C31H21F3O/c1-2-3-4-22-5-7-23(8-6-22)9-10-25-14-20-29-27(21-25)17-16-26(30(29)32)15-11-24-12-18-28(19-13-24)35-31(33)34/h2,5-8,12-14,16-21,31H,1,3-4H2. The van der Waals surface area contributed by atoms with E-state index in [0.29, 0.717) is 10.9 Å². The summed E-state index contributed by atoms with van der Waals surface area (Å²) in [6, 6.07) is 22.8. The number of allylic oxidation sites excluding steroid dienone is 1. The summed E-state index contributed by atoms with van der Waals surface area (Å²) in [5, 5.41) is 1.18. The molecule has 0 amide bonds. The summed E-state index contributed by atoms with van der Waals surface area (Å²) in [5.41, 5.74) is 3.76. The fourth-order valence-corrected chi connectivity index (χ4v) is 3.49. The lowest BCUT2D eigenvalue weighted by Gasteiger charge is -2.04. The number of alkyl halides is 2. The Kier molecular flexibility index (Phi) is 7.56. The summed E-state index contributed by atoms with van der Waals surface area (Å²) in [7, 11) is 0. The molecule has 0 unspecified atom stereocenters. The summed E-state index contributed by atoms with van der Waals surface area (Å²) in [6.07, 6.45) is 3.81. The second kappa shape index (κ2) is 11.1. The number of fused-ring (bicyclic) bond motifs is 1. The summed E-state index contributed by atoms with van der Waals surface area (Å²) < 4.78 is 43.9. The Balaban J connectivity index is 1.51. The van der Waals surface area contributed by atoms with Crippen molar-refractivity contribution in [2.24, 2.45) is 0 Å². The van der Waals surface area contributed by atoms with Gasteiger partial charge in [-0.1, -0.05) is 54.0 Å². The van der Waals surface area contributed by atoms with Crippen molar-refractivity contribution in [3.63, 3.8) is 0 Å². The Morgan fingerprint density at radius 1 is 0.771 bits per heavy atom. The van der Waals surface area contributed by atoms with Crippen molar-refractivity contribution >= 4 is 10.8 Å². The molecule has 4 aromatic carbocycles. The van der Waals surface area contributed by atoms with Crippen LogP contribution in [-0.2, 0) is 6.42 Å². The minimum absolute atomic E-state index is 0.0434.